The number of aromatic nitrogens is 1. The number of amides is 1. The Balaban J connectivity index is 1.70. The molecule has 0 unspecified atom stereocenters. The number of thiophene rings is 1. The van der Waals surface area contributed by atoms with E-state index in [9.17, 15) is 13.2 Å². The Morgan fingerprint density at radius 1 is 1.25 bits per heavy atom. The molecule has 3 aromatic rings. The van der Waals surface area contributed by atoms with Gasteiger partial charge in [-0.25, -0.2) is 18.5 Å². The molecule has 3 rings (SSSR count). The van der Waals surface area contributed by atoms with Gasteiger partial charge in [0.25, 0.3) is 5.91 Å². The minimum atomic E-state index is -3.73. The molecule has 0 bridgehead atoms. The Labute approximate surface area is 142 Å². The van der Waals surface area contributed by atoms with E-state index in [1.54, 1.807) is 12.1 Å². The van der Waals surface area contributed by atoms with Crippen LogP contribution in [0, 0.1) is 0 Å². The van der Waals surface area contributed by atoms with Gasteiger partial charge in [0.15, 0.2) is 17.8 Å². The summed E-state index contributed by atoms with van der Waals surface area (Å²) in [5, 5.41) is 9.65. The molecular weight excluding hydrogens is 350 g/mol. The summed E-state index contributed by atoms with van der Waals surface area (Å²) >= 11 is 1.45. The lowest BCUT2D eigenvalue weighted by Gasteiger charge is -2.05. The topological polar surface area (TPSA) is 115 Å². The van der Waals surface area contributed by atoms with Crippen molar-refractivity contribution >= 4 is 27.3 Å². The molecule has 3 N–H and O–H groups in total. The predicted molar refractivity (Wildman–Crippen MR) is 88.8 cm³/mol. The first-order valence-corrected chi connectivity index (χ1v) is 9.25. The monoisotopic (exact) mass is 363 g/mol. The van der Waals surface area contributed by atoms with Gasteiger partial charge < -0.3 is 9.73 Å². The average molecular weight is 363 g/mol. The Kier molecular flexibility index (Phi) is 4.47. The number of primary sulfonamides is 1. The van der Waals surface area contributed by atoms with Gasteiger partial charge in [0.1, 0.15) is 0 Å². The number of nitrogens with zero attached hydrogens (tertiary/aromatic N) is 1. The molecule has 1 amide bonds. The highest BCUT2D eigenvalue weighted by molar-refractivity contribution is 7.89. The summed E-state index contributed by atoms with van der Waals surface area (Å²) in [5.74, 6) is 0.0507. The fourth-order valence-electron chi connectivity index (χ4n) is 2.05. The van der Waals surface area contributed by atoms with Gasteiger partial charge in [-0.15, -0.1) is 11.3 Å². The first-order chi connectivity index (χ1) is 11.4. The van der Waals surface area contributed by atoms with Crippen LogP contribution in [0.3, 0.4) is 0 Å². The predicted octanol–water partition coefficient (Wildman–Crippen LogP) is 1.98. The molecule has 7 nitrogen and oxygen atoms in total. The molecule has 0 atom stereocenters. The number of hydrogen-bond donors (Lipinski definition) is 2. The lowest BCUT2D eigenvalue weighted by molar-refractivity contribution is 0.0947. The van der Waals surface area contributed by atoms with Crippen LogP contribution in [0.4, 0.5) is 0 Å². The molecule has 0 aliphatic rings. The van der Waals surface area contributed by atoms with Crippen molar-refractivity contribution in [2.45, 2.75) is 11.4 Å². The van der Waals surface area contributed by atoms with E-state index in [1.165, 1.54) is 29.9 Å². The molecule has 2 aromatic heterocycles. The maximum Gasteiger partial charge on any atom is 0.274 e. The number of carbonyl (C=O) groups is 1. The van der Waals surface area contributed by atoms with Crippen molar-refractivity contribution in [1.29, 1.82) is 0 Å². The number of carbonyl (C=O) groups excluding carboxylic acids is 1. The van der Waals surface area contributed by atoms with E-state index < -0.39 is 10.0 Å². The zero-order valence-corrected chi connectivity index (χ0v) is 13.9. The highest BCUT2D eigenvalue weighted by Gasteiger charge is 2.18. The summed E-state index contributed by atoms with van der Waals surface area (Å²) < 4.78 is 27.7. The molecule has 24 heavy (non-hydrogen) atoms. The van der Waals surface area contributed by atoms with Gasteiger partial charge in [-0.3, -0.25) is 4.79 Å². The summed E-state index contributed by atoms with van der Waals surface area (Å²) in [4.78, 5) is 17.1. The van der Waals surface area contributed by atoms with Crippen molar-refractivity contribution in [3.8, 4) is 10.6 Å². The molecule has 1 aromatic carbocycles. The van der Waals surface area contributed by atoms with Crippen molar-refractivity contribution in [3.05, 3.63) is 59.4 Å². The molecular formula is C15H13N3O4S2. The van der Waals surface area contributed by atoms with E-state index in [2.05, 4.69) is 10.3 Å². The van der Waals surface area contributed by atoms with Crippen LogP contribution in [0.5, 0.6) is 0 Å². The van der Waals surface area contributed by atoms with Crippen molar-refractivity contribution in [1.82, 2.24) is 10.3 Å². The standard InChI is InChI=1S/C15H13N3O4S2/c16-24(20,21)11-5-3-10(4-6-11)8-17-15(19)13-14(22-9-18-13)12-2-1-7-23-12/h1-7,9H,8H2,(H,17,19)(H2,16,20,21). The van der Waals surface area contributed by atoms with E-state index in [0.29, 0.717) is 5.76 Å². The van der Waals surface area contributed by atoms with Crippen molar-refractivity contribution in [3.63, 3.8) is 0 Å². The van der Waals surface area contributed by atoms with E-state index in [0.717, 1.165) is 10.4 Å². The smallest absolute Gasteiger partial charge is 0.274 e. The zero-order chi connectivity index (χ0) is 17.2. The number of sulfonamides is 1. The van der Waals surface area contributed by atoms with E-state index in [-0.39, 0.29) is 23.0 Å². The molecule has 2 heterocycles. The number of hydrogen-bond acceptors (Lipinski definition) is 6. The molecule has 0 spiro atoms. The van der Waals surface area contributed by atoms with E-state index >= 15 is 0 Å². The van der Waals surface area contributed by atoms with Crippen LogP contribution in [-0.4, -0.2) is 19.3 Å². The van der Waals surface area contributed by atoms with Gasteiger partial charge in [-0.2, -0.15) is 0 Å². The first-order valence-electron chi connectivity index (χ1n) is 6.82. The molecule has 0 aliphatic heterocycles. The molecule has 0 fully saturated rings. The molecule has 0 saturated heterocycles. The van der Waals surface area contributed by atoms with Crippen LogP contribution in [-0.2, 0) is 16.6 Å². The van der Waals surface area contributed by atoms with Gasteiger partial charge in [0.2, 0.25) is 10.0 Å². The lowest BCUT2D eigenvalue weighted by Crippen LogP contribution is -2.23. The first kappa shape index (κ1) is 16.4. The maximum absolute atomic E-state index is 12.3. The van der Waals surface area contributed by atoms with Crippen LogP contribution in [0.1, 0.15) is 16.1 Å². The third kappa shape index (κ3) is 3.53. The number of rotatable bonds is 5. The molecule has 0 aliphatic carbocycles. The summed E-state index contributed by atoms with van der Waals surface area (Å²) in [5.41, 5.74) is 0.940. The number of nitrogens with one attached hydrogen (secondary N) is 1. The fourth-order valence-corrected chi connectivity index (χ4v) is 3.28. The zero-order valence-electron chi connectivity index (χ0n) is 12.3. The summed E-state index contributed by atoms with van der Waals surface area (Å²) in [7, 11) is -3.73. The number of benzene rings is 1. The molecule has 0 radical (unpaired) electrons. The van der Waals surface area contributed by atoms with Crippen LogP contribution in [0.15, 0.2) is 57.5 Å². The number of oxazole rings is 1. The average Bonchev–Trinajstić information content (AvgIpc) is 3.22. The molecule has 0 saturated carbocycles. The lowest BCUT2D eigenvalue weighted by atomic mass is 10.2. The Bertz CT molecular complexity index is 945. The third-order valence-electron chi connectivity index (χ3n) is 3.23. The van der Waals surface area contributed by atoms with Crippen molar-refractivity contribution < 1.29 is 17.6 Å². The molecule has 124 valence electrons. The highest BCUT2D eigenvalue weighted by atomic mass is 32.2. The second-order valence-corrected chi connectivity index (χ2v) is 7.39. The van der Waals surface area contributed by atoms with Crippen LogP contribution >= 0.6 is 11.3 Å². The maximum atomic E-state index is 12.3. The van der Waals surface area contributed by atoms with Crippen LogP contribution < -0.4 is 10.5 Å². The fraction of sp³-hybridized carbons (Fsp3) is 0.0667. The quantitative estimate of drug-likeness (QED) is 0.719. The normalized spacial score (nSPS) is 11.4. The minimum absolute atomic E-state index is 0.0223. The molecule has 9 heteroatoms. The SMILES string of the molecule is NS(=O)(=O)c1ccc(CNC(=O)c2ncoc2-c2cccs2)cc1. The summed E-state index contributed by atoms with van der Waals surface area (Å²) in [6.07, 6.45) is 1.23. The number of nitrogens with two attached hydrogens (primary N) is 1. The van der Waals surface area contributed by atoms with Gasteiger partial charge in [-0.1, -0.05) is 18.2 Å². The van der Waals surface area contributed by atoms with E-state index in [1.807, 2.05) is 17.5 Å². The second kappa shape index (κ2) is 6.56. The van der Waals surface area contributed by atoms with Gasteiger partial charge in [-0.05, 0) is 29.1 Å². The van der Waals surface area contributed by atoms with Gasteiger partial charge in [0.05, 0.1) is 9.77 Å². The highest BCUT2D eigenvalue weighted by Crippen LogP contribution is 2.27. The van der Waals surface area contributed by atoms with Crippen LogP contribution in [0.25, 0.3) is 10.6 Å². The Morgan fingerprint density at radius 2 is 2.00 bits per heavy atom. The Hall–Kier alpha value is -2.49. The minimum Gasteiger partial charge on any atom is -0.442 e. The van der Waals surface area contributed by atoms with E-state index in [4.69, 9.17) is 9.56 Å². The summed E-state index contributed by atoms with van der Waals surface area (Å²) in [6, 6.07) is 9.66. The third-order valence-corrected chi connectivity index (χ3v) is 5.03. The largest absolute Gasteiger partial charge is 0.442 e. The van der Waals surface area contributed by atoms with Gasteiger partial charge >= 0.3 is 0 Å². The van der Waals surface area contributed by atoms with Crippen molar-refractivity contribution in [2.24, 2.45) is 5.14 Å². The van der Waals surface area contributed by atoms with Crippen LogP contribution in [0.2, 0.25) is 0 Å². The van der Waals surface area contributed by atoms with Crippen molar-refractivity contribution in [2.75, 3.05) is 0 Å². The summed E-state index contributed by atoms with van der Waals surface area (Å²) in [6.45, 7) is 0.223. The Morgan fingerprint density at radius 3 is 2.62 bits per heavy atom. The second-order valence-electron chi connectivity index (χ2n) is 4.88. The van der Waals surface area contributed by atoms with Gasteiger partial charge in [0, 0.05) is 6.54 Å².